The van der Waals surface area contributed by atoms with Crippen LogP contribution in [-0.4, -0.2) is 0 Å². The van der Waals surface area contributed by atoms with Gasteiger partial charge in [-0.15, -0.1) is 0 Å². The van der Waals surface area contributed by atoms with E-state index in [-0.39, 0.29) is 21.7 Å². The van der Waals surface area contributed by atoms with Crippen molar-refractivity contribution in [1.82, 2.24) is 0 Å². The van der Waals surface area contributed by atoms with E-state index in [0.29, 0.717) is 0 Å². The van der Waals surface area contributed by atoms with Crippen molar-refractivity contribution >= 4 is 34.1 Å². The second kappa shape index (κ2) is 11.7. The van der Waals surface area contributed by atoms with Crippen LogP contribution in [0.1, 0.15) is 103 Å². The Labute approximate surface area is 311 Å². The van der Waals surface area contributed by atoms with Crippen molar-refractivity contribution in [3.8, 4) is 11.1 Å². The van der Waals surface area contributed by atoms with Gasteiger partial charge in [0.15, 0.2) is 0 Å². The molecule has 52 heavy (non-hydrogen) atoms. The third kappa shape index (κ3) is 5.38. The molecule has 0 aromatic heterocycles. The molecule has 0 amide bonds. The molecule has 2 heteroatoms. The lowest BCUT2D eigenvalue weighted by Gasteiger charge is -2.43. The van der Waals surface area contributed by atoms with Crippen LogP contribution in [-0.2, 0) is 21.7 Å². The average Bonchev–Trinajstić information content (AvgIpc) is 3.11. The predicted octanol–water partition coefficient (Wildman–Crippen LogP) is 14.2. The Kier molecular flexibility index (Phi) is 7.67. The highest BCUT2D eigenvalue weighted by Gasteiger charge is 2.39. The number of hydrogen-bond donors (Lipinski definition) is 0. The quantitative estimate of drug-likeness (QED) is 0.184. The van der Waals surface area contributed by atoms with Crippen LogP contribution in [0.2, 0.25) is 0 Å². The van der Waals surface area contributed by atoms with E-state index in [1.54, 1.807) is 0 Å². The van der Waals surface area contributed by atoms with Gasteiger partial charge in [-0.1, -0.05) is 154 Å². The van der Waals surface area contributed by atoms with Gasteiger partial charge in [-0.05, 0) is 104 Å². The van der Waals surface area contributed by atoms with Gasteiger partial charge in [0.25, 0.3) is 0 Å². The molecule has 0 N–H and O–H groups in total. The molecule has 2 aliphatic heterocycles. The molecule has 262 valence electrons. The smallest absolute Gasteiger partial charge is 0.0502 e. The Morgan fingerprint density at radius 2 is 0.731 bits per heavy atom. The molecule has 0 atom stereocenters. The maximum absolute atomic E-state index is 2.47. The summed E-state index contributed by atoms with van der Waals surface area (Å²) in [7, 11) is 0. The maximum atomic E-state index is 2.47. The summed E-state index contributed by atoms with van der Waals surface area (Å²) < 4.78 is 0. The lowest BCUT2D eigenvalue weighted by molar-refractivity contribution is 0.580. The van der Waals surface area contributed by atoms with E-state index in [0.717, 1.165) is 0 Å². The van der Waals surface area contributed by atoms with E-state index in [4.69, 9.17) is 0 Å². The minimum atomic E-state index is -0.126. The number of fused-ring (bicyclic) bond motifs is 4. The van der Waals surface area contributed by atoms with Crippen molar-refractivity contribution in [2.45, 2.75) is 90.9 Å². The standard InChI is InChI=1S/C50H52N2/c1-47(2,3)35-25-27-45-41(31-35)49(7,8)39-21-11-13-23-43(39)51(45)37-19-15-17-33(29-37)34-18-16-20-38(30-34)52-44-24-14-12-22-40(44)50(9,10)42-32-36(48(4,5)6)26-28-46(42)52/h11-32H,1-10H3. The first-order chi connectivity index (χ1) is 24.6. The Morgan fingerprint density at radius 1 is 0.365 bits per heavy atom. The number of hydrogen-bond acceptors (Lipinski definition) is 2. The van der Waals surface area contributed by atoms with Crippen LogP contribution in [0.25, 0.3) is 11.1 Å². The number of para-hydroxylation sites is 2. The third-order valence-electron chi connectivity index (χ3n) is 11.7. The van der Waals surface area contributed by atoms with Crippen LogP contribution in [0.5, 0.6) is 0 Å². The summed E-state index contributed by atoms with van der Waals surface area (Å²) in [5.41, 5.74) is 17.8. The van der Waals surface area contributed by atoms with Crippen molar-refractivity contribution in [2.75, 3.05) is 9.80 Å². The molecule has 0 aliphatic carbocycles. The largest absolute Gasteiger partial charge is 0.310 e. The van der Waals surface area contributed by atoms with Crippen molar-refractivity contribution < 1.29 is 0 Å². The zero-order chi connectivity index (χ0) is 36.8. The molecule has 0 unspecified atom stereocenters. The Bertz CT molecular complexity index is 2180. The van der Waals surface area contributed by atoms with Gasteiger partial charge in [0, 0.05) is 22.2 Å². The fourth-order valence-electron chi connectivity index (χ4n) is 8.55. The number of rotatable bonds is 3. The SMILES string of the molecule is CC(C)(C)c1ccc2c(c1)C(C)(C)c1ccccc1N2c1cccc(-c2cccc(N3c4ccccc4C(C)(C)c4cc(C(C)(C)C)ccc43)c2)c1. The second-order valence-electron chi connectivity index (χ2n) is 18.0. The summed E-state index contributed by atoms with van der Waals surface area (Å²) in [4.78, 5) is 4.95. The highest BCUT2D eigenvalue weighted by atomic mass is 15.2. The van der Waals surface area contributed by atoms with Gasteiger partial charge in [0.1, 0.15) is 0 Å². The summed E-state index contributed by atoms with van der Waals surface area (Å²) in [6.45, 7) is 23.3. The van der Waals surface area contributed by atoms with Crippen molar-refractivity contribution in [3.05, 3.63) is 167 Å². The van der Waals surface area contributed by atoms with Crippen LogP contribution in [0.3, 0.4) is 0 Å². The van der Waals surface area contributed by atoms with Gasteiger partial charge in [0.2, 0.25) is 0 Å². The molecule has 0 saturated heterocycles. The predicted molar refractivity (Wildman–Crippen MR) is 223 cm³/mol. The molecule has 8 rings (SSSR count). The Morgan fingerprint density at radius 3 is 1.12 bits per heavy atom. The van der Waals surface area contributed by atoms with Crippen molar-refractivity contribution in [1.29, 1.82) is 0 Å². The topological polar surface area (TPSA) is 6.48 Å². The van der Waals surface area contributed by atoms with Crippen molar-refractivity contribution in [3.63, 3.8) is 0 Å². The van der Waals surface area contributed by atoms with Crippen LogP contribution < -0.4 is 9.80 Å². The summed E-state index contributed by atoms with van der Waals surface area (Å²) in [5, 5.41) is 0. The molecule has 0 saturated carbocycles. The minimum Gasteiger partial charge on any atom is -0.310 e. The van der Waals surface area contributed by atoms with Gasteiger partial charge in [-0.25, -0.2) is 0 Å². The van der Waals surface area contributed by atoms with Gasteiger partial charge in [-0.3, -0.25) is 0 Å². The number of benzene rings is 6. The average molecular weight is 681 g/mol. The lowest BCUT2D eigenvalue weighted by Crippen LogP contribution is -2.31. The van der Waals surface area contributed by atoms with Crippen LogP contribution in [0.15, 0.2) is 133 Å². The second-order valence-corrected chi connectivity index (χ2v) is 18.0. The molecule has 2 aliphatic rings. The van der Waals surface area contributed by atoms with E-state index < -0.39 is 0 Å². The first-order valence-electron chi connectivity index (χ1n) is 18.9. The molecule has 0 bridgehead atoms. The minimum absolute atomic E-state index is 0.0673. The first kappa shape index (κ1) is 34.0. The van der Waals surface area contributed by atoms with Crippen LogP contribution >= 0.6 is 0 Å². The maximum Gasteiger partial charge on any atom is 0.0502 e. The van der Waals surface area contributed by atoms with E-state index >= 15 is 0 Å². The van der Waals surface area contributed by atoms with E-state index in [2.05, 4.69) is 212 Å². The number of anilines is 6. The molecular weight excluding hydrogens is 629 g/mol. The van der Waals surface area contributed by atoms with E-state index in [9.17, 15) is 0 Å². The van der Waals surface area contributed by atoms with Gasteiger partial charge in [0.05, 0.1) is 22.7 Å². The van der Waals surface area contributed by atoms with Gasteiger partial charge < -0.3 is 9.80 Å². The zero-order valence-electron chi connectivity index (χ0n) is 32.6. The van der Waals surface area contributed by atoms with Gasteiger partial charge >= 0.3 is 0 Å². The lowest BCUT2D eigenvalue weighted by atomic mass is 9.71. The molecule has 6 aromatic rings. The molecule has 0 fully saturated rings. The summed E-state index contributed by atoms with van der Waals surface area (Å²) >= 11 is 0. The molecule has 2 heterocycles. The first-order valence-corrected chi connectivity index (χ1v) is 18.9. The fourth-order valence-corrected chi connectivity index (χ4v) is 8.55. The molecule has 0 radical (unpaired) electrons. The Balaban J connectivity index is 1.26. The summed E-state index contributed by atoms with van der Waals surface area (Å²) in [6.07, 6.45) is 0. The summed E-state index contributed by atoms with van der Waals surface area (Å²) in [6, 6.07) is 50.3. The van der Waals surface area contributed by atoms with Crippen molar-refractivity contribution in [2.24, 2.45) is 0 Å². The van der Waals surface area contributed by atoms with E-state index in [1.807, 2.05) is 0 Å². The monoisotopic (exact) mass is 680 g/mol. The molecular formula is C50H52N2. The van der Waals surface area contributed by atoms with E-state index in [1.165, 1.54) is 78.6 Å². The highest BCUT2D eigenvalue weighted by molar-refractivity contribution is 5.90. The fraction of sp³-hybridized carbons (Fsp3) is 0.280. The summed E-state index contributed by atoms with van der Waals surface area (Å²) in [5.74, 6) is 0. The molecule has 2 nitrogen and oxygen atoms in total. The molecule has 6 aromatic carbocycles. The zero-order valence-corrected chi connectivity index (χ0v) is 32.6. The normalized spacial score (nSPS) is 15.7. The Hall–Kier alpha value is -5.08. The van der Waals surface area contributed by atoms with Gasteiger partial charge in [-0.2, -0.15) is 0 Å². The van der Waals surface area contributed by atoms with Crippen LogP contribution in [0.4, 0.5) is 34.1 Å². The number of nitrogens with zero attached hydrogens (tertiary/aromatic N) is 2. The molecule has 0 spiro atoms. The van der Waals surface area contributed by atoms with Crippen LogP contribution in [0, 0.1) is 0 Å². The third-order valence-corrected chi connectivity index (χ3v) is 11.7. The highest BCUT2D eigenvalue weighted by Crippen LogP contribution is 2.54.